The summed E-state index contributed by atoms with van der Waals surface area (Å²) in [4.78, 5) is 0. The molecule has 0 amide bonds. The fourth-order valence-electron chi connectivity index (χ4n) is 0.603. The molecule has 0 aliphatic heterocycles. The van der Waals surface area contributed by atoms with Crippen molar-refractivity contribution in [3.63, 3.8) is 0 Å². The van der Waals surface area contributed by atoms with Crippen LogP contribution in [0, 0.1) is 5.92 Å². The molecule has 0 bridgehead atoms. The lowest BCUT2D eigenvalue weighted by molar-refractivity contribution is 0.182. The smallest absolute Gasteiger partial charge is 0.0636 e. The largest absolute Gasteiger partial charge is 0.396 e. The lowest BCUT2D eigenvalue weighted by Gasteiger charge is -2.10. The van der Waals surface area contributed by atoms with Gasteiger partial charge in [-0.3, -0.25) is 0 Å². The summed E-state index contributed by atoms with van der Waals surface area (Å²) >= 11 is 0. The molecule has 0 radical (unpaired) electrons. The van der Waals surface area contributed by atoms with Gasteiger partial charge in [-0.1, -0.05) is 6.92 Å². The number of rotatable bonds is 5. The second-order valence-corrected chi connectivity index (χ2v) is 2.80. The van der Waals surface area contributed by atoms with Crippen LogP contribution in [-0.4, -0.2) is 36.0 Å². The van der Waals surface area contributed by atoms with E-state index in [2.05, 4.69) is 5.32 Å². The van der Waals surface area contributed by atoms with Gasteiger partial charge in [-0.15, -0.1) is 0 Å². The standard InChI is InChI=1S/C7H17NO2/c1-6(5-9)3-8-4-7(2)10/h6-10H,3-5H2,1-2H3. The van der Waals surface area contributed by atoms with Crippen molar-refractivity contribution in [2.45, 2.75) is 20.0 Å². The first-order valence-corrected chi connectivity index (χ1v) is 3.66. The van der Waals surface area contributed by atoms with Crippen molar-refractivity contribution in [2.24, 2.45) is 5.92 Å². The molecule has 10 heavy (non-hydrogen) atoms. The van der Waals surface area contributed by atoms with E-state index in [1.54, 1.807) is 6.92 Å². The van der Waals surface area contributed by atoms with Crippen LogP contribution in [0.1, 0.15) is 13.8 Å². The van der Waals surface area contributed by atoms with Crippen LogP contribution < -0.4 is 5.32 Å². The van der Waals surface area contributed by atoms with Gasteiger partial charge in [0.2, 0.25) is 0 Å². The zero-order valence-corrected chi connectivity index (χ0v) is 6.67. The Balaban J connectivity index is 3.03. The van der Waals surface area contributed by atoms with Crippen molar-refractivity contribution >= 4 is 0 Å². The minimum atomic E-state index is -0.300. The molecule has 0 saturated heterocycles. The Morgan fingerprint density at radius 2 is 1.90 bits per heavy atom. The molecule has 3 heteroatoms. The zero-order chi connectivity index (χ0) is 7.98. The Kier molecular flexibility index (Phi) is 5.58. The molecular formula is C7H17NO2. The molecule has 2 unspecified atom stereocenters. The van der Waals surface area contributed by atoms with Crippen LogP contribution in [0.25, 0.3) is 0 Å². The minimum Gasteiger partial charge on any atom is -0.396 e. The first kappa shape index (κ1) is 9.88. The molecule has 0 aliphatic carbocycles. The Morgan fingerprint density at radius 3 is 2.30 bits per heavy atom. The third-order valence-corrected chi connectivity index (χ3v) is 1.24. The summed E-state index contributed by atoms with van der Waals surface area (Å²) in [5.41, 5.74) is 0. The summed E-state index contributed by atoms with van der Waals surface area (Å²) in [5.74, 6) is 0.277. The topological polar surface area (TPSA) is 52.5 Å². The van der Waals surface area contributed by atoms with E-state index >= 15 is 0 Å². The summed E-state index contributed by atoms with van der Waals surface area (Å²) in [6, 6.07) is 0. The van der Waals surface area contributed by atoms with E-state index in [1.165, 1.54) is 0 Å². The molecule has 3 nitrogen and oxygen atoms in total. The number of hydrogen-bond donors (Lipinski definition) is 3. The molecule has 0 aromatic rings. The molecule has 0 fully saturated rings. The number of aliphatic hydroxyl groups excluding tert-OH is 2. The zero-order valence-electron chi connectivity index (χ0n) is 6.67. The maximum Gasteiger partial charge on any atom is 0.0636 e. The highest BCUT2D eigenvalue weighted by Crippen LogP contribution is 1.88. The number of nitrogens with one attached hydrogen (secondary N) is 1. The monoisotopic (exact) mass is 147 g/mol. The molecule has 0 aliphatic rings. The molecule has 0 aromatic heterocycles. The van der Waals surface area contributed by atoms with E-state index < -0.39 is 0 Å². The highest BCUT2D eigenvalue weighted by atomic mass is 16.3. The van der Waals surface area contributed by atoms with Gasteiger partial charge in [-0.05, 0) is 19.4 Å². The van der Waals surface area contributed by atoms with E-state index in [1.807, 2.05) is 6.92 Å². The van der Waals surface area contributed by atoms with Gasteiger partial charge in [-0.25, -0.2) is 0 Å². The van der Waals surface area contributed by atoms with Crippen LogP contribution in [0.4, 0.5) is 0 Å². The van der Waals surface area contributed by atoms with Crippen molar-refractivity contribution in [1.82, 2.24) is 5.32 Å². The molecule has 62 valence electrons. The Labute approximate surface area is 62.1 Å². The van der Waals surface area contributed by atoms with Crippen LogP contribution in [0.15, 0.2) is 0 Å². The summed E-state index contributed by atoms with van der Waals surface area (Å²) < 4.78 is 0. The fourth-order valence-corrected chi connectivity index (χ4v) is 0.603. The van der Waals surface area contributed by atoms with Crippen LogP contribution in [0.3, 0.4) is 0 Å². The van der Waals surface area contributed by atoms with Crippen molar-refractivity contribution < 1.29 is 10.2 Å². The second kappa shape index (κ2) is 5.65. The van der Waals surface area contributed by atoms with Gasteiger partial charge in [0.25, 0.3) is 0 Å². The van der Waals surface area contributed by atoms with Gasteiger partial charge in [-0.2, -0.15) is 0 Å². The Hall–Kier alpha value is -0.120. The van der Waals surface area contributed by atoms with Gasteiger partial charge in [0, 0.05) is 13.2 Å². The van der Waals surface area contributed by atoms with Gasteiger partial charge < -0.3 is 15.5 Å². The first-order valence-electron chi connectivity index (χ1n) is 3.66. The highest BCUT2D eigenvalue weighted by molar-refractivity contribution is 4.57. The third kappa shape index (κ3) is 6.01. The summed E-state index contributed by atoms with van der Waals surface area (Å²) in [6.45, 7) is 5.25. The van der Waals surface area contributed by atoms with E-state index in [9.17, 15) is 0 Å². The average molecular weight is 147 g/mol. The quantitative estimate of drug-likeness (QED) is 0.495. The normalized spacial score (nSPS) is 16.8. The molecule has 2 atom stereocenters. The van der Waals surface area contributed by atoms with Crippen molar-refractivity contribution in [2.75, 3.05) is 19.7 Å². The molecule has 0 rings (SSSR count). The van der Waals surface area contributed by atoms with Crippen LogP contribution >= 0.6 is 0 Å². The van der Waals surface area contributed by atoms with Gasteiger partial charge in [0.15, 0.2) is 0 Å². The van der Waals surface area contributed by atoms with Crippen LogP contribution in [0.5, 0.6) is 0 Å². The Bertz CT molecular complexity index is 76.0. The molecular weight excluding hydrogens is 130 g/mol. The highest BCUT2D eigenvalue weighted by Gasteiger charge is 1.99. The Morgan fingerprint density at radius 1 is 1.30 bits per heavy atom. The van der Waals surface area contributed by atoms with Gasteiger partial charge >= 0.3 is 0 Å². The maximum atomic E-state index is 8.81. The second-order valence-electron chi connectivity index (χ2n) is 2.80. The fraction of sp³-hybridized carbons (Fsp3) is 1.00. The summed E-state index contributed by atoms with van der Waals surface area (Å²) in [6.07, 6.45) is -0.300. The third-order valence-electron chi connectivity index (χ3n) is 1.24. The van der Waals surface area contributed by atoms with Crippen molar-refractivity contribution in [3.05, 3.63) is 0 Å². The average Bonchev–Trinajstić information content (AvgIpc) is 1.87. The molecule has 0 saturated carbocycles. The first-order chi connectivity index (χ1) is 4.66. The lowest BCUT2D eigenvalue weighted by atomic mass is 10.2. The van der Waals surface area contributed by atoms with Crippen LogP contribution in [0.2, 0.25) is 0 Å². The van der Waals surface area contributed by atoms with E-state index in [4.69, 9.17) is 10.2 Å². The molecule has 0 spiro atoms. The van der Waals surface area contributed by atoms with Crippen molar-refractivity contribution in [1.29, 1.82) is 0 Å². The molecule has 3 N–H and O–H groups in total. The van der Waals surface area contributed by atoms with Crippen molar-refractivity contribution in [3.8, 4) is 0 Å². The predicted octanol–water partition coefficient (Wildman–Crippen LogP) is -0.415. The van der Waals surface area contributed by atoms with E-state index in [0.717, 1.165) is 6.54 Å². The molecule has 0 heterocycles. The van der Waals surface area contributed by atoms with E-state index in [-0.39, 0.29) is 18.6 Å². The molecule has 0 aromatic carbocycles. The SMILES string of the molecule is CC(O)CNCC(C)CO. The van der Waals surface area contributed by atoms with Crippen LogP contribution in [-0.2, 0) is 0 Å². The van der Waals surface area contributed by atoms with Gasteiger partial charge in [0.05, 0.1) is 6.10 Å². The summed E-state index contributed by atoms with van der Waals surface area (Å²) in [5, 5.41) is 20.4. The minimum absolute atomic E-state index is 0.201. The number of aliphatic hydroxyl groups is 2. The van der Waals surface area contributed by atoms with E-state index in [0.29, 0.717) is 6.54 Å². The lowest BCUT2D eigenvalue weighted by Crippen LogP contribution is -2.29. The number of hydrogen-bond acceptors (Lipinski definition) is 3. The predicted molar refractivity (Wildman–Crippen MR) is 40.8 cm³/mol. The maximum absolute atomic E-state index is 8.81. The van der Waals surface area contributed by atoms with Gasteiger partial charge in [0.1, 0.15) is 0 Å². The summed E-state index contributed by atoms with van der Waals surface area (Å²) in [7, 11) is 0.